The van der Waals surface area contributed by atoms with E-state index < -0.39 is 11.7 Å². The largest absolute Gasteiger partial charge is 0.416 e. The standard InChI is InChI=1S/C31H19F3/c32-31(33,34)22-18-16-21(17-19-22)29-25-11-3-5-13-27(25)30(28-14-6-4-12-26(28)29)24-15-7-9-20-8-1-2-10-23(20)24/h1-19H. The molecule has 0 bridgehead atoms. The van der Waals surface area contributed by atoms with Crippen molar-refractivity contribution in [3.8, 4) is 22.3 Å². The molecule has 0 aliphatic carbocycles. The van der Waals surface area contributed by atoms with Crippen molar-refractivity contribution in [1.82, 2.24) is 0 Å². The third-order valence-corrected chi connectivity index (χ3v) is 6.49. The van der Waals surface area contributed by atoms with E-state index >= 15 is 0 Å². The van der Waals surface area contributed by atoms with Crippen LogP contribution in [0.4, 0.5) is 13.2 Å². The highest BCUT2D eigenvalue weighted by molar-refractivity contribution is 6.23. The van der Waals surface area contributed by atoms with Crippen LogP contribution < -0.4 is 0 Å². The van der Waals surface area contributed by atoms with Crippen molar-refractivity contribution >= 4 is 32.3 Å². The number of benzene rings is 6. The van der Waals surface area contributed by atoms with E-state index in [1.165, 1.54) is 10.8 Å². The van der Waals surface area contributed by atoms with E-state index in [4.69, 9.17) is 0 Å². The van der Waals surface area contributed by atoms with E-state index in [0.29, 0.717) is 0 Å². The summed E-state index contributed by atoms with van der Waals surface area (Å²) in [5.41, 5.74) is 3.36. The van der Waals surface area contributed by atoms with Gasteiger partial charge >= 0.3 is 6.18 Å². The highest BCUT2D eigenvalue weighted by atomic mass is 19.4. The summed E-state index contributed by atoms with van der Waals surface area (Å²) in [4.78, 5) is 0. The van der Waals surface area contributed by atoms with Gasteiger partial charge in [-0.3, -0.25) is 0 Å². The molecule has 164 valence electrons. The molecular weight excluding hydrogens is 429 g/mol. The van der Waals surface area contributed by atoms with Crippen LogP contribution in [-0.4, -0.2) is 0 Å². The van der Waals surface area contributed by atoms with Gasteiger partial charge in [0, 0.05) is 0 Å². The molecule has 34 heavy (non-hydrogen) atoms. The minimum atomic E-state index is -4.36. The van der Waals surface area contributed by atoms with Crippen LogP contribution in [-0.2, 0) is 6.18 Å². The van der Waals surface area contributed by atoms with Crippen LogP contribution in [0, 0.1) is 0 Å². The van der Waals surface area contributed by atoms with Crippen LogP contribution in [0.5, 0.6) is 0 Å². The number of alkyl halides is 3. The van der Waals surface area contributed by atoms with Gasteiger partial charge in [0.15, 0.2) is 0 Å². The molecule has 0 fully saturated rings. The van der Waals surface area contributed by atoms with Gasteiger partial charge in [-0.05, 0) is 66.7 Å². The number of halogens is 3. The van der Waals surface area contributed by atoms with Gasteiger partial charge in [-0.1, -0.05) is 103 Å². The smallest absolute Gasteiger partial charge is 0.166 e. The first-order chi connectivity index (χ1) is 16.5. The van der Waals surface area contributed by atoms with E-state index in [1.807, 2.05) is 36.4 Å². The highest BCUT2D eigenvalue weighted by Gasteiger charge is 2.30. The van der Waals surface area contributed by atoms with E-state index in [-0.39, 0.29) is 0 Å². The first-order valence-corrected chi connectivity index (χ1v) is 11.1. The van der Waals surface area contributed by atoms with Crippen molar-refractivity contribution in [2.24, 2.45) is 0 Å². The second kappa shape index (κ2) is 7.74. The average Bonchev–Trinajstić information content (AvgIpc) is 2.86. The van der Waals surface area contributed by atoms with E-state index in [0.717, 1.165) is 55.9 Å². The lowest BCUT2D eigenvalue weighted by atomic mass is 9.84. The van der Waals surface area contributed by atoms with Crippen molar-refractivity contribution in [2.45, 2.75) is 6.18 Å². The van der Waals surface area contributed by atoms with Crippen molar-refractivity contribution in [2.75, 3.05) is 0 Å². The van der Waals surface area contributed by atoms with E-state index in [1.54, 1.807) is 12.1 Å². The Labute approximate surface area is 194 Å². The molecule has 0 amide bonds. The van der Waals surface area contributed by atoms with Gasteiger partial charge < -0.3 is 0 Å². The fraction of sp³-hybridized carbons (Fsp3) is 0.0323. The van der Waals surface area contributed by atoms with Crippen molar-refractivity contribution in [1.29, 1.82) is 0 Å². The first-order valence-electron chi connectivity index (χ1n) is 11.1. The predicted octanol–water partition coefficient (Wildman–Crippen LogP) is 9.50. The summed E-state index contributed by atoms with van der Waals surface area (Å²) in [5, 5.41) is 6.52. The molecule has 0 aliphatic heterocycles. The maximum absolute atomic E-state index is 13.2. The lowest BCUT2D eigenvalue weighted by Gasteiger charge is -2.19. The molecular formula is C31H19F3. The van der Waals surface area contributed by atoms with Crippen molar-refractivity contribution < 1.29 is 13.2 Å². The Morgan fingerprint density at radius 1 is 0.412 bits per heavy atom. The van der Waals surface area contributed by atoms with Gasteiger partial charge in [0.1, 0.15) is 0 Å². The summed E-state index contributed by atoms with van der Waals surface area (Å²) in [6.45, 7) is 0. The first kappa shape index (κ1) is 20.5. The maximum Gasteiger partial charge on any atom is 0.416 e. The molecule has 3 heteroatoms. The predicted molar refractivity (Wildman–Crippen MR) is 135 cm³/mol. The Morgan fingerprint density at radius 2 is 0.882 bits per heavy atom. The monoisotopic (exact) mass is 448 g/mol. The Balaban J connectivity index is 1.73. The zero-order chi connectivity index (χ0) is 23.3. The Kier molecular flexibility index (Phi) is 4.66. The van der Waals surface area contributed by atoms with Gasteiger partial charge in [0.2, 0.25) is 0 Å². The zero-order valence-electron chi connectivity index (χ0n) is 18.1. The van der Waals surface area contributed by atoms with E-state index in [9.17, 15) is 13.2 Å². The topological polar surface area (TPSA) is 0 Å². The molecule has 6 aromatic rings. The molecule has 0 saturated heterocycles. The molecule has 0 unspecified atom stereocenters. The molecule has 6 aromatic carbocycles. The van der Waals surface area contributed by atoms with Crippen molar-refractivity contribution in [3.05, 3.63) is 121 Å². The summed E-state index contributed by atoms with van der Waals surface area (Å²) < 4.78 is 39.6. The Hall–Kier alpha value is -4.11. The number of hydrogen-bond donors (Lipinski definition) is 0. The van der Waals surface area contributed by atoms with Gasteiger partial charge in [0.05, 0.1) is 5.56 Å². The highest BCUT2D eigenvalue weighted by Crippen LogP contribution is 2.45. The number of rotatable bonds is 2. The average molecular weight is 448 g/mol. The summed E-state index contributed by atoms with van der Waals surface area (Å²) >= 11 is 0. The van der Waals surface area contributed by atoms with Crippen LogP contribution in [0.15, 0.2) is 115 Å². The quantitative estimate of drug-likeness (QED) is 0.231. The van der Waals surface area contributed by atoms with Crippen LogP contribution in [0.1, 0.15) is 5.56 Å². The number of fused-ring (bicyclic) bond motifs is 3. The van der Waals surface area contributed by atoms with Crippen LogP contribution >= 0.6 is 0 Å². The lowest BCUT2D eigenvalue weighted by molar-refractivity contribution is -0.137. The van der Waals surface area contributed by atoms with Crippen LogP contribution in [0.25, 0.3) is 54.6 Å². The molecule has 6 rings (SSSR count). The summed E-state index contributed by atoms with van der Waals surface area (Å²) in [6.07, 6.45) is -4.36. The second-order valence-corrected chi connectivity index (χ2v) is 8.44. The normalized spacial score (nSPS) is 12.0. The van der Waals surface area contributed by atoms with Crippen LogP contribution in [0.2, 0.25) is 0 Å². The molecule has 0 N–H and O–H groups in total. The van der Waals surface area contributed by atoms with Gasteiger partial charge in [-0.15, -0.1) is 0 Å². The minimum Gasteiger partial charge on any atom is -0.166 e. The molecule has 0 radical (unpaired) electrons. The lowest BCUT2D eigenvalue weighted by Crippen LogP contribution is -2.04. The third kappa shape index (κ3) is 3.24. The SMILES string of the molecule is FC(F)(F)c1ccc(-c2c3ccccc3c(-c3cccc4ccccc34)c3ccccc23)cc1. The number of hydrogen-bond acceptors (Lipinski definition) is 0. The third-order valence-electron chi connectivity index (χ3n) is 6.49. The van der Waals surface area contributed by atoms with Crippen LogP contribution in [0.3, 0.4) is 0 Å². The molecule has 0 aliphatic rings. The summed E-state index contributed by atoms with van der Waals surface area (Å²) in [7, 11) is 0. The van der Waals surface area contributed by atoms with Gasteiger partial charge in [-0.2, -0.15) is 13.2 Å². The molecule has 0 nitrogen and oxygen atoms in total. The summed E-state index contributed by atoms with van der Waals surface area (Å²) in [6, 6.07) is 36.5. The molecule has 0 aromatic heterocycles. The molecule has 0 saturated carbocycles. The molecule has 0 heterocycles. The van der Waals surface area contributed by atoms with E-state index in [2.05, 4.69) is 54.6 Å². The fourth-order valence-corrected chi connectivity index (χ4v) is 5.00. The second-order valence-electron chi connectivity index (χ2n) is 8.44. The fourth-order valence-electron chi connectivity index (χ4n) is 5.00. The molecule has 0 spiro atoms. The summed E-state index contributed by atoms with van der Waals surface area (Å²) in [5.74, 6) is 0. The maximum atomic E-state index is 13.2. The van der Waals surface area contributed by atoms with Crippen molar-refractivity contribution in [3.63, 3.8) is 0 Å². The Morgan fingerprint density at radius 3 is 1.44 bits per heavy atom. The molecule has 0 atom stereocenters. The minimum absolute atomic E-state index is 0.641. The van der Waals surface area contributed by atoms with Gasteiger partial charge in [0.25, 0.3) is 0 Å². The Bertz CT molecular complexity index is 1610. The zero-order valence-corrected chi connectivity index (χ0v) is 18.1. The van der Waals surface area contributed by atoms with Gasteiger partial charge in [-0.25, -0.2) is 0 Å².